The van der Waals surface area contributed by atoms with Gasteiger partial charge in [0.25, 0.3) is 5.91 Å². The van der Waals surface area contributed by atoms with Gasteiger partial charge in [0, 0.05) is 45.9 Å². The van der Waals surface area contributed by atoms with E-state index in [1.165, 1.54) is 0 Å². The zero-order valence-electron chi connectivity index (χ0n) is 14.8. The van der Waals surface area contributed by atoms with Crippen molar-refractivity contribution in [3.05, 3.63) is 30.3 Å². The van der Waals surface area contributed by atoms with E-state index in [-0.39, 0.29) is 36.1 Å². The second kappa shape index (κ2) is 6.30. The van der Waals surface area contributed by atoms with Gasteiger partial charge in [-0.3, -0.25) is 14.4 Å². The van der Waals surface area contributed by atoms with Crippen LogP contribution >= 0.6 is 0 Å². The van der Waals surface area contributed by atoms with Crippen LogP contribution in [0, 0.1) is 5.92 Å². The molecule has 0 radical (unpaired) electrons. The first-order chi connectivity index (χ1) is 12.5. The number of rotatable bonds is 5. The number of hydrogen-bond donors (Lipinski definition) is 1. The molecule has 138 valence electrons. The Morgan fingerprint density at radius 1 is 1.15 bits per heavy atom. The molecule has 2 saturated heterocycles. The van der Waals surface area contributed by atoms with Crippen molar-refractivity contribution in [2.24, 2.45) is 5.92 Å². The fourth-order valence-electron chi connectivity index (χ4n) is 3.76. The van der Waals surface area contributed by atoms with Crippen LogP contribution in [0.3, 0.4) is 0 Å². The summed E-state index contributed by atoms with van der Waals surface area (Å²) in [4.78, 5) is 40.3. The molecule has 1 N–H and O–H groups in total. The van der Waals surface area contributed by atoms with Crippen LogP contribution in [0.4, 0.5) is 0 Å². The SMILES string of the molecule is CNC(=O)C1CC(=O)N(C2CN(C(=O)C3(Oc4ccccc4)CC3)C2)C1. The van der Waals surface area contributed by atoms with Gasteiger partial charge in [-0.15, -0.1) is 0 Å². The third-order valence-corrected chi connectivity index (χ3v) is 5.52. The first-order valence-electron chi connectivity index (χ1n) is 9.07. The Morgan fingerprint density at radius 3 is 2.46 bits per heavy atom. The van der Waals surface area contributed by atoms with Gasteiger partial charge in [0.05, 0.1) is 12.0 Å². The number of nitrogens with one attached hydrogen (secondary N) is 1. The van der Waals surface area contributed by atoms with Crippen LogP contribution in [-0.4, -0.2) is 65.8 Å². The molecule has 7 heteroatoms. The smallest absolute Gasteiger partial charge is 0.266 e. The number of benzene rings is 1. The lowest BCUT2D eigenvalue weighted by molar-refractivity contribution is -0.151. The minimum absolute atomic E-state index is 0.00244. The molecule has 7 nitrogen and oxygen atoms in total. The molecule has 2 aliphatic heterocycles. The van der Waals surface area contributed by atoms with E-state index in [1.54, 1.807) is 16.8 Å². The quantitative estimate of drug-likeness (QED) is 0.828. The summed E-state index contributed by atoms with van der Waals surface area (Å²) < 4.78 is 5.95. The van der Waals surface area contributed by atoms with Crippen LogP contribution in [0.25, 0.3) is 0 Å². The summed E-state index contributed by atoms with van der Waals surface area (Å²) in [6.45, 7) is 1.48. The van der Waals surface area contributed by atoms with E-state index in [4.69, 9.17) is 4.74 Å². The monoisotopic (exact) mass is 357 g/mol. The van der Waals surface area contributed by atoms with Crippen molar-refractivity contribution in [3.63, 3.8) is 0 Å². The van der Waals surface area contributed by atoms with Gasteiger partial charge in [-0.25, -0.2) is 0 Å². The molecular formula is C19H23N3O4. The maximum Gasteiger partial charge on any atom is 0.266 e. The van der Waals surface area contributed by atoms with Crippen molar-refractivity contribution >= 4 is 17.7 Å². The number of nitrogens with zero attached hydrogens (tertiary/aromatic N) is 2. The summed E-state index contributed by atoms with van der Waals surface area (Å²) >= 11 is 0. The van der Waals surface area contributed by atoms with Gasteiger partial charge >= 0.3 is 0 Å². The Kier molecular flexibility index (Phi) is 4.09. The minimum Gasteiger partial charge on any atom is -0.477 e. The molecule has 0 spiro atoms. The van der Waals surface area contributed by atoms with E-state index in [0.29, 0.717) is 25.4 Å². The average molecular weight is 357 g/mol. The molecule has 0 bridgehead atoms. The fourth-order valence-corrected chi connectivity index (χ4v) is 3.76. The number of amides is 3. The highest BCUT2D eigenvalue weighted by Crippen LogP contribution is 2.43. The number of likely N-dealkylation sites (tertiary alicyclic amines) is 2. The van der Waals surface area contributed by atoms with E-state index in [9.17, 15) is 14.4 Å². The highest BCUT2D eigenvalue weighted by atomic mass is 16.5. The van der Waals surface area contributed by atoms with Crippen molar-refractivity contribution in [2.75, 3.05) is 26.7 Å². The molecule has 1 aromatic rings. The maximum atomic E-state index is 12.8. The molecule has 2 heterocycles. The lowest BCUT2D eigenvalue weighted by atomic mass is 10.1. The van der Waals surface area contributed by atoms with Crippen molar-refractivity contribution in [1.82, 2.24) is 15.1 Å². The third kappa shape index (κ3) is 2.91. The van der Waals surface area contributed by atoms with Gasteiger partial charge in [-0.05, 0) is 12.1 Å². The molecule has 1 aromatic carbocycles. The molecule has 1 atom stereocenters. The number of ether oxygens (including phenoxy) is 1. The summed E-state index contributed by atoms with van der Waals surface area (Å²) in [6.07, 6.45) is 1.71. The predicted molar refractivity (Wildman–Crippen MR) is 93.3 cm³/mol. The Labute approximate surface area is 152 Å². The largest absolute Gasteiger partial charge is 0.477 e. The Hall–Kier alpha value is -2.57. The van der Waals surface area contributed by atoms with E-state index in [2.05, 4.69) is 5.32 Å². The molecule has 26 heavy (non-hydrogen) atoms. The van der Waals surface area contributed by atoms with Gasteiger partial charge in [0.2, 0.25) is 11.8 Å². The second-order valence-electron chi connectivity index (χ2n) is 7.33. The van der Waals surface area contributed by atoms with Crippen LogP contribution in [0.5, 0.6) is 5.75 Å². The van der Waals surface area contributed by atoms with Crippen LogP contribution in [0.2, 0.25) is 0 Å². The van der Waals surface area contributed by atoms with Gasteiger partial charge in [0.1, 0.15) is 5.75 Å². The van der Waals surface area contributed by atoms with Crippen molar-refractivity contribution < 1.29 is 19.1 Å². The number of para-hydroxylation sites is 1. The Balaban J connectivity index is 1.33. The van der Waals surface area contributed by atoms with Crippen molar-refractivity contribution in [1.29, 1.82) is 0 Å². The predicted octanol–water partition coefficient (Wildman–Crippen LogP) is 0.403. The first kappa shape index (κ1) is 16.9. The summed E-state index contributed by atoms with van der Waals surface area (Å²) in [6, 6.07) is 9.40. The van der Waals surface area contributed by atoms with Gasteiger partial charge in [-0.2, -0.15) is 0 Å². The Bertz CT molecular complexity index is 726. The lowest BCUT2D eigenvalue weighted by Crippen LogP contribution is -2.64. The molecular weight excluding hydrogens is 334 g/mol. The van der Waals surface area contributed by atoms with E-state index < -0.39 is 5.60 Å². The number of hydrogen-bond acceptors (Lipinski definition) is 4. The number of carbonyl (C=O) groups excluding carboxylic acids is 3. The first-order valence-corrected chi connectivity index (χ1v) is 9.07. The average Bonchev–Trinajstić information content (AvgIpc) is 3.29. The van der Waals surface area contributed by atoms with Crippen LogP contribution < -0.4 is 10.1 Å². The molecule has 1 unspecified atom stereocenters. The van der Waals surface area contributed by atoms with Crippen molar-refractivity contribution in [3.8, 4) is 5.75 Å². The molecule has 0 aromatic heterocycles. The molecule has 1 aliphatic carbocycles. The van der Waals surface area contributed by atoms with Gasteiger partial charge in [-0.1, -0.05) is 18.2 Å². The third-order valence-electron chi connectivity index (χ3n) is 5.52. The zero-order valence-corrected chi connectivity index (χ0v) is 14.8. The summed E-state index contributed by atoms with van der Waals surface area (Å²) in [5.41, 5.74) is -0.730. The van der Waals surface area contributed by atoms with E-state index in [1.807, 2.05) is 30.3 Å². The number of carbonyl (C=O) groups is 3. The standard InChI is InChI=1S/C19H23N3O4/c1-20-17(24)13-9-16(23)22(10-13)14-11-21(12-14)18(25)19(7-8-19)26-15-5-3-2-4-6-15/h2-6,13-14H,7-12H2,1H3,(H,20,24). The topological polar surface area (TPSA) is 79.0 Å². The molecule has 4 rings (SSSR count). The van der Waals surface area contributed by atoms with E-state index >= 15 is 0 Å². The van der Waals surface area contributed by atoms with Crippen LogP contribution in [0.1, 0.15) is 19.3 Å². The summed E-state index contributed by atoms with van der Waals surface area (Å²) in [7, 11) is 1.58. The lowest BCUT2D eigenvalue weighted by Gasteiger charge is -2.45. The highest BCUT2D eigenvalue weighted by Gasteiger charge is 2.57. The summed E-state index contributed by atoms with van der Waals surface area (Å²) in [5, 5.41) is 2.60. The normalized spacial score (nSPS) is 24.2. The molecule has 3 fully saturated rings. The van der Waals surface area contributed by atoms with E-state index in [0.717, 1.165) is 12.8 Å². The molecule has 3 amide bonds. The van der Waals surface area contributed by atoms with Crippen LogP contribution in [0.15, 0.2) is 30.3 Å². The second-order valence-corrected chi connectivity index (χ2v) is 7.33. The van der Waals surface area contributed by atoms with Crippen LogP contribution in [-0.2, 0) is 14.4 Å². The van der Waals surface area contributed by atoms with Crippen molar-refractivity contribution in [2.45, 2.75) is 30.9 Å². The zero-order chi connectivity index (χ0) is 18.3. The molecule has 3 aliphatic rings. The van der Waals surface area contributed by atoms with Gasteiger partial charge < -0.3 is 19.9 Å². The molecule has 1 saturated carbocycles. The summed E-state index contributed by atoms with van der Waals surface area (Å²) in [5.74, 6) is 0.331. The fraction of sp³-hybridized carbons (Fsp3) is 0.526. The minimum atomic E-state index is -0.730. The van der Waals surface area contributed by atoms with Gasteiger partial charge in [0.15, 0.2) is 5.60 Å². The Morgan fingerprint density at radius 2 is 1.85 bits per heavy atom. The maximum absolute atomic E-state index is 12.8. The highest BCUT2D eigenvalue weighted by molar-refractivity contribution is 5.91.